The maximum atomic E-state index is 13.1. The molecule has 34 heavy (non-hydrogen) atoms. The summed E-state index contributed by atoms with van der Waals surface area (Å²) in [6.07, 6.45) is -9.56. The maximum Gasteiger partial charge on any atom is 0.416 e. The summed E-state index contributed by atoms with van der Waals surface area (Å²) in [4.78, 5) is 11.8. The second-order valence-corrected chi connectivity index (χ2v) is 8.60. The maximum absolute atomic E-state index is 13.1. The van der Waals surface area contributed by atoms with Crippen molar-refractivity contribution in [3.8, 4) is 11.4 Å². The average Bonchev–Trinajstić information content (AvgIpc) is 3.22. The van der Waals surface area contributed by atoms with Crippen LogP contribution in [0.2, 0.25) is 5.02 Å². The molecule has 0 radical (unpaired) electrons. The van der Waals surface area contributed by atoms with Crippen LogP contribution in [0.1, 0.15) is 21.6 Å². The Labute approximate surface area is 192 Å². The number of rotatable bonds is 5. The van der Waals surface area contributed by atoms with E-state index >= 15 is 0 Å². The summed E-state index contributed by atoms with van der Waals surface area (Å²) in [6.45, 7) is 0. The smallest absolute Gasteiger partial charge is 0.416 e. The zero-order chi connectivity index (χ0) is 25.5. The number of hydrogen-bond acceptors (Lipinski definition) is 6. The largest absolute Gasteiger partial charge is 0.497 e. The van der Waals surface area contributed by atoms with Crippen LogP contribution in [0.3, 0.4) is 0 Å². The molecule has 1 heterocycles. The van der Waals surface area contributed by atoms with E-state index < -0.39 is 55.7 Å². The van der Waals surface area contributed by atoms with Crippen LogP contribution in [0.4, 0.5) is 26.3 Å². The van der Waals surface area contributed by atoms with E-state index in [1.807, 2.05) is 0 Å². The quantitative estimate of drug-likeness (QED) is 0.501. The molecule has 16 heteroatoms. The molecule has 1 amide bonds. The van der Waals surface area contributed by atoms with Crippen molar-refractivity contribution < 1.29 is 44.3 Å². The van der Waals surface area contributed by atoms with E-state index in [4.69, 9.17) is 16.3 Å². The van der Waals surface area contributed by atoms with E-state index in [0.29, 0.717) is 23.0 Å². The number of amides is 1. The van der Waals surface area contributed by atoms with Gasteiger partial charge in [-0.2, -0.15) is 26.3 Å². The number of methoxy groups -OCH3 is 1. The van der Waals surface area contributed by atoms with Gasteiger partial charge in [-0.1, -0.05) is 16.8 Å². The molecule has 1 N–H and O–H groups in total. The molecule has 3 aromatic rings. The third kappa shape index (κ3) is 5.41. The second-order valence-electron chi connectivity index (χ2n) is 6.54. The molecule has 8 nitrogen and oxygen atoms in total. The first kappa shape index (κ1) is 25.3. The molecule has 0 atom stereocenters. The molecular weight excluding hydrogens is 518 g/mol. The van der Waals surface area contributed by atoms with Gasteiger partial charge in [0.1, 0.15) is 10.6 Å². The number of nitrogens with one attached hydrogen (secondary N) is 1. The van der Waals surface area contributed by atoms with Crippen LogP contribution < -0.4 is 9.46 Å². The number of nitrogens with zero attached hydrogens (tertiary/aromatic N) is 3. The zero-order valence-corrected chi connectivity index (χ0v) is 18.1. The van der Waals surface area contributed by atoms with Crippen LogP contribution in [-0.2, 0) is 22.4 Å². The molecule has 0 aliphatic rings. The molecule has 0 aliphatic carbocycles. The van der Waals surface area contributed by atoms with Crippen molar-refractivity contribution in [3.63, 3.8) is 0 Å². The van der Waals surface area contributed by atoms with E-state index in [-0.39, 0.29) is 16.8 Å². The van der Waals surface area contributed by atoms with Gasteiger partial charge in [-0.15, -0.1) is 5.10 Å². The number of aromatic nitrogens is 3. The van der Waals surface area contributed by atoms with Crippen LogP contribution in [0.25, 0.3) is 5.69 Å². The Morgan fingerprint density at radius 3 is 2.15 bits per heavy atom. The zero-order valence-electron chi connectivity index (χ0n) is 16.6. The SMILES string of the molecule is COc1ccc(Cl)c(S(=O)(=O)NC(=O)c2cn(-c3cc(C(F)(F)F)cc(C(F)(F)F)c3)nn2)c1. The fourth-order valence-electron chi connectivity index (χ4n) is 2.61. The first-order valence-electron chi connectivity index (χ1n) is 8.75. The molecule has 3 rings (SSSR count). The minimum Gasteiger partial charge on any atom is -0.497 e. The Morgan fingerprint density at radius 2 is 1.62 bits per heavy atom. The Hall–Kier alpha value is -3.33. The highest BCUT2D eigenvalue weighted by Gasteiger charge is 2.37. The van der Waals surface area contributed by atoms with Gasteiger partial charge in [0.05, 0.1) is 35.1 Å². The second kappa shape index (κ2) is 8.79. The van der Waals surface area contributed by atoms with Crippen molar-refractivity contribution in [3.05, 3.63) is 64.4 Å². The van der Waals surface area contributed by atoms with Crippen molar-refractivity contribution >= 4 is 27.5 Å². The monoisotopic (exact) mass is 528 g/mol. The van der Waals surface area contributed by atoms with Gasteiger partial charge in [0.15, 0.2) is 5.69 Å². The highest BCUT2D eigenvalue weighted by Crippen LogP contribution is 2.37. The number of benzene rings is 2. The summed E-state index contributed by atoms with van der Waals surface area (Å²) < 4.78 is 110. The molecule has 0 unspecified atom stereocenters. The molecule has 0 bridgehead atoms. The third-order valence-corrected chi connectivity index (χ3v) is 6.03. The Morgan fingerprint density at radius 1 is 1.03 bits per heavy atom. The molecule has 2 aromatic carbocycles. The van der Waals surface area contributed by atoms with Gasteiger partial charge in [-0.05, 0) is 30.3 Å². The molecule has 0 aliphatic heterocycles. The van der Waals surface area contributed by atoms with Crippen LogP contribution in [0.5, 0.6) is 5.75 Å². The molecule has 1 aromatic heterocycles. The Bertz CT molecular complexity index is 1320. The van der Waals surface area contributed by atoms with Gasteiger partial charge in [-0.25, -0.2) is 17.8 Å². The number of carbonyl (C=O) groups excluding carboxylic acids is 1. The molecule has 0 fully saturated rings. The van der Waals surface area contributed by atoms with Crippen LogP contribution in [-0.4, -0.2) is 36.4 Å². The topological polar surface area (TPSA) is 103 Å². The number of alkyl halides is 6. The summed E-state index contributed by atoms with van der Waals surface area (Å²) in [7, 11) is -3.31. The molecule has 182 valence electrons. The van der Waals surface area contributed by atoms with Gasteiger partial charge in [0.25, 0.3) is 15.9 Å². The predicted molar refractivity (Wildman–Crippen MR) is 104 cm³/mol. The minimum absolute atomic E-state index is 0.0848. The molecule has 0 saturated heterocycles. The molecular formula is C18H11ClF6N4O4S. The lowest BCUT2D eigenvalue weighted by atomic mass is 10.1. The van der Waals surface area contributed by atoms with Gasteiger partial charge in [-0.3, -0.25) is 4.79 Å². The van der Waals surface area contributed by atoms with Crippen molar-refractivity contribution in [1.82, 2.24) is 19.7 Å². The number of ether oxygens (including phenoxy) is 1. The Kier molecular flexibility index (Phi) is 6.54. The Balaban J connectivity index is 1.95. The molecule has 0 spiro atoms. The summed E-state index contributed by atoms with van der Waals surface area (Å²) in [6, 6.07) is 4.21. The lowest BCUT2D eigenvalue weighted by Crippen LogP contribution is -2.31. The van der Waals surface area contributed by atoms with Gasteiger partial charge in [0.2, 0.25) is 0 Å². The first-order chi connectivity index (χ1) is 15.6. The van der Waals surface area contributed by atoms with Crippen molar-refractivity contribution in [2.24, 2.45) is 0 Å². The summed E-state index contributed by atoms with van der Waals surface area (Å²) in [5, 5.41) is 6.40. The lowest BCUT2D eigenvalue weighted by molar-refractivity contribution is -0.143. The fourth-order valence-corrected chi connectivity index (χ4v) is 4.09. The van der Waals surface area contributed by atoms with Crippen LogP contribution >= 0.6 is 11.6 Å². The van der Waals surface area contributed by atoms with Crippen molar-refractivity contribution in [2.75, 3.05) is 7.11 Å². The first-order valence-corrected chi connectivity index (χ1v) is 10.6. The minimum atomic E-state index is -5.11. The van der Waals surface area contributed by atoms with E-state index in [1.54, 1.807) is 4.72 Å². The van der Waals surface area contributed by atoms with E-state index in [1.165, 1.54) is 19.2 Å². The standard InChI is InChI=1S/C18H11ClF6N4O4S/c1-33-12-2-3-13(19)15(7-12)34(31,32)27-16(30)14-8-29(28-26-14)11-5-9(17(20,21)22)4-10(6-11)18(23,24)25/h2-8H,1H3,(H,27,30). The highest BCUT2D eigenvalue weighted by molar-refractivity contribution is 7.90. The third-order valence-electron chi connectivity index (χ3n) is 4.22. The number of carbonyl (C=O) groups is 1. The summed E-state index contributed by atoms with van der Waals surface area (Å²) >= 11 is 5.85. The number of hydrogen-bond donors (Lipinski definition) is 1. The number of sulfonamides is 1. The summed E-state index contributed by atoms with van der Waals surface area (Å²) in [5.41, 5.74) is -4.66. The van der Waals surface area contributed by atoms with Crippen LogP contribution in [0, 0.1) is 0 Å². The normalized spacial score (nSPS) is 12.5. The highest BCUT2D eigenvalue weighted by atomic mass is 35.5. The predicted octanol–water partition coefficient (Wildman–Crippen LogP) is 4.09. The lowest BCUT2D eigenvalue weighted by Gasteiger charge is -2.13. The van der Waals surface area contributed by atoms with Crippen molar-refractivity contribution in [1.29, 1.82) is 0 Å². The number of halogens is 7. The summed E-state index contributed by atoms with van der Waals surface area (Å²) in [5.74, 6) is -1.26. The van der Waals surface area contributed by atoms with E-state index in [9.17, 15) is 39.6 Å². The van der Waals surface area contributed by atoms with Crippen molar-refractivity contribution in [2.45, 2.75) is 17.2 Å². The van der Waals surface area contributed by atoms with Crippen LogP contribution in [0.15, 0.2) is 47.5 Å². The van der Waals surface area contributed by atoms with E-state index in [2.05, 4.69) is 10.3 Å². The van der Waals surface area contributed by atoms with E-state index in [0.717, 1.165) is 6.07 Å². The van der Waals surface area contributed by atoms with Gasteiger partial charge in [0, 0.05) is 6.07 Å². The fraction of sp³-hybridized carbons (Fsp3) is 0.167. The molecule has 0 saturated carbocycles. The average molecular weight is 529 g/mol. The van der Waals surface area contributed by atoms with Gasteiger partial charge < -0.3 is 4.74 Å². The van der Waals surface area contributed by atoms with Gasteiger partial charge >= 0.3 is 12.4 Å².